The second kappa shape index (κ2) is 7.85. The van der Waals surface area contributed by atoms with Crippen LogP contribution in [0.3, 0.4) is 0 Å². The van der Waals surface area contributed by atoms with Gasteiger partial charge in [0.25, 0.3) is 0 Å². The van der Waals surface area contributed by atoms with E-state index < -0.39 is 0 Å². The highest BCUT2D eigenvalue weighted by atomic mass is 79.9. The number of aromatic nitrogens is 2. The molecular formula is C13H15Br3N4O. The van der Waals surface area contributed by atoms with E-state index in [1.165, 1.54) is 0 Å². The minimum absolute atomic E-state index is 0.187. The van der Waals surface area contributed by atoms with Crippen LogP contribution in [0, 0.1) is 0 Å². The van der Waals surface area contributed by atoms with E-state index in [2.05, 4.69) is 58.3 Å². The van der Waals surface area contributed by atoms with Gasteiger partial charge in [-0.2, -0.15) is 5.10 Å². The molecule has 8 heteroatoms. The van der Waals surface area contributed by atoms with Crippen molar-refractivity contribution in [3.05, 3.63) is 49.1 Å². The summed E-state index contributed by atoms with van der Waals surface area (Å²) in [4.78, 5) is 0. The van der Waals surface area contributed by atoms with Crippen LogP contribution in [0.2, 0.25) is 0 Å². The SMILES string of the molecule is COCCn1ncc(Br)c1C(NN)c1cc(Br)cc(Br)c1. The molecule has 0 fully saturated rings. The number of nitrogens with two attached hydrogens (primary N) is 1. The smallest absolute Gasteiger partial charge is 0.0890 e. The number of nitrogens with one attached hydrogen (secondary N) is 1. The molecule has 2 rings (SSSR count). The van der Waals surface area contributed by atoms with Crippen molar-refractivity contribution < 1.29 is 4.74 Å². The number of hydrogen-bond acceptors (Lipinski definition) is 4. The molecule has 0 aliphatic rings. The van der Waals surface area contributed by atoms with Crippen LogP contribution in [-0.2, 0) is 11.3 Å². The van der Waals surface area contributed by atoms with E-state index in [4.69, 9.17) is 10.6 Å². The highest BCUT2D eigenvalue weighted by molar-refractivity contribution is 9.11. The van der Waals surface area contributed by atoms with Crippen LogP contribution in [0.15, 0.2) is 37.8 Å². The highest BCUT2D eigenvalue weighted by Gasteiger charge is 2.21. The molecule has 0 amide bonds. The van der Waals surface area contributed by atoms with Gasteiger partial charge in [-0.25, -0.2) is 5.43 Å². The molecule has 21 heavy (non-hydrogen) atoms. The van der Waals surface area contributed by atoms with Gasteiger partial charge in [0.05, 0.1) is 35.6 Å². The molecule has 114 valence electrons. The Kier molecular flexibility index (Phi) is 6.39. The Morgan fingerprint density at radius 3 is 2.52 bits per heavy atom. The Labute approximate surface area is 148 Å². The Bertz CT molecular complexity index is 597. The minimum atomic E-state index is -0.187. The molecule has 0 saturated heterocycles. The van der Waals surface area contributed by atoms with Crippen molar-refractivity contribution in [1.29, 1.82) is 0 Å². The van der Waals surface area contributed by atoms with E-state index in [9.17, 15) is 0 Å². The number of halogens is 3. The molecule has 3 N–H and O–H groups in total. The Morgan fingerprint density at radius 2 is 1.95 bits per heavy atom. The molecule has 0 bridgehead atoms. The second-order valence-electron chi connectivity index (χ2n) is 4.40. The van der Waals surface area contributed by atoms with Crippen molar-refractivity contribution in [2.75, 3.05) is 13.7 Å². The number of nitrogens with zero attached hydrogens (tertiary/aromatic N) is 2. The van der Waals surface area contributed by atoms with Gasteiger partial charge in [0.15, 0.2) is 0 Å². The summed E-state index contributed by atoms with van der Waals surface area (Å²) in [6.07, 6.45) is 1.77. The first kappa shape index (κ1) is 17.1. The monoisotopic (exact) mass is 480 g/mol. The predicted octanol–water partition coefficient (Wildman–Crippen LogP) is 3.37. The molecular weight excluding hydrogens is 468 g/mol. The van der Waals surface area contributed by atoms with E-state index >= 15 is 0 Å². The first-order valence-corrected chi connectivity index (χ1v) is 8.57. The number of ether oxygens (including phenoxy) is 1. The van der Waals surface area contributed by atoms with Gasteiger partial charge in [0.1, 0.15) is 0 Å². The summed E-state index contributed by atoms with van der Waals surface area (Å²) in [5.74, 6) is 5.79. The van der Waals surface area contributed by atoms with E-state index in [0.717, 1.165) is 24.7 Å². The number of hydrogen-bond donors (Lipinski definition) is 2. The zero-order valence-electron chi connectivity index (χ0n) is 11.3. The maximum Gasteiger partial charge on any atom is 0.0890 e. The van der Waals surface area contributed by atoms with Crippen LogP contribution in [0.1, 0.15) is 17.3 Å². The molecule has 0 saturated carbocycles. The lowest BCUT2D eigenvalue weighted by Crippen LogP contribution is -2.31. The zero-order chi connectivity index (χ0) is 15.4. The Hall–Kier alpha value is -0.250. The number of hydrazine groups is 1. The largest absolute Gasteiger partial charge is 0.383 e. The number of rotatable bonds is 6. The third kappa shape index (κ3) is 4.14. The minimum Gasteiger partial charge on any atom is -0.383 e. The van der Waals surface area contributed by atoms with Crippen molar-refractivity contribution in [2.24, 2.45) is 5.84 Å². The van der Waals surface area contributed by atoms with Gasteiger partial charge < -0.3 is 4.74 Å². The maximum atomic E-state index is 5.79. The first-order chi connectivity index (χ1) is 10.1. The van der Waals surface area contributed by atoms with Gasteiger partial charge in [-0.3, -0.25) is 10.5 Å². The fourth-order valence-corrected chi connectivity index (χ4v) is 3.94. The normalized spacial score (nSPS) is 12.6. The number of methoxy groups -OCH3 is 1. The summed E-state index contributed by atoms with van der Waals surface area (Å²) in [5, 5.41) is 4.36. The summed E-state index contributed by atoms with van der Waals surface area (Å²) in [6, 6.07) is 5.84. The lowest BCUT2D eigenvalue weighted by atomic mass is 10.0. The van der Waals surface area contributed by atoms with Crippen LogP contribution in [0.4, 0.5) is 0 Å². The zero-order valence-corrected chi connectivity index (χ0v) is 16.1. The highest BCUT2D eigenvalue weighted by Crippen LogP contribution is 2.31. The van der Waals surface area contributed by atoms with Crippen LogP contribution >= 0.6 is 47.8 Å². The summed E-state index contributed by atoms with van der Waals surface area (Å²) >= 11 is 10.5. The van der Waals surface area contributed by atoms with Gasteiger partial charge in [0.2, 0.25) is 0 Å². The molecule has 2 aromatic rings. The average Bonchev–Trinajstić information content (AvgIpc) is 2.78. The van der Waals surface area contributed by atoms with E-state index in [1.54, 1.807) is 13.3 Å². The average molecular weight is 483 g/mol. The topological polar surface area (TPSA) is 65.1 Å². The van der Waals surface area contributed by atoms with Crippen molar-refractivity contribution >= 4 is 47.8 Å². The van der Waals surface area contributed by atoms with Gasteiger partial charge in [0, 0.05) is 16.1 Å². The van der Waals surface area contributed by atoms with E-state index in [-0.39, 0.29) is 6.04 Å². The van der Waals surface area contributed by atoms with Crippen LogP contribution in [0.5, 0.6) is 0 Å². The molecule has 1 atom stereocenters. The third-order valence-corrected chi connectivity index (χ3v) is 4.53. The molecule has 1 aromatic heterocycles. The lowest BCUT2D eigenvalue weighted by molar-refractivity contribution is 0.182. The standard InChI is InChI=1S/C13H15Br3N4O/c1-21-3-2-20-13(11(16)7-18-20)12(19-17)8-4-9(14)6-10(15)5-8/h4-7,12,19H,2-3,17H2,1H3. The summed E-state index contributed by atoms with van der Waals surface area (Å²) in [5.41, 5.74) is 4.84. The van der Waals surface area contributed by atoms with Crippen molar-refractivity contribution in [1.82, 2.24) is 15.2 Å². The fraction of sp³-hybridized carbons (Fsp3) is 0.308. The first-order valence-electron chi connectivity index (χ1n) is 6.19. The van der Waals surface area contributed by atoms with Gasteiger partial charge in [-0.1, -0.05) is 31.9 Å². The predicted molar refractivity (Wildman–Crippen MR) is 92.8 cm³/mol. The second-order valence-corrected chi connectivity index (χ2v) is 7.08. The molecule has 1 heterocycles. The lowest BCUT2D eigenvalue weighted by Gasteiger charge is -2.19. The van der Waals surface area contributed by atoms with E-state index in [0.29, 0.717) is 13.2 Å². The maximum absolute atomic E-state index is 5.79. The van der Waals surface area contributed by atoms with Crippen LogP contribution in [0.25, 0.3) is 0 Å². The third-order valence-electron chi connectivity index (χ3n) is 3.00. The molecule has 1 unspecified atom stereocenters. The molecule has 1 aromatic carbocycles. The summed E-state index contributed by atoms with van der Waals surface area (Å²) in [6.45, 7) is 1.24. The molecule has 0 aliphatic carbocycles. The Morgan fingerprint density at radius 1 is 1.29 bits per heavy atom. The Balaban J connectivity index is 2.43. The summed E-state index contributed by atoms with van der Waals surface area (Å²) in [7, 11) is 1.67. The van der Waals surface area contributed by atoms with E-state index in [1.807, 2.05) is 22.9 Å². The van der Waals surface area contributed by atoms with Crippen molar-refractivity contribution in [3.8, 4) is 0 Å². The number of benzene rings is 1. The van der Waals surface area contributed by atoms with Crippen molar-refractivity contribution in [2.45, 2.75) is 12.6 Å². The fourth-order valence-electron chi connectivity index (χ4n) is 2.09. The van der Waals surface area contributed by atoms with Crippen LogP contribution < -0.4 is 11.3 Å². The van der Waals surface area contributed by atoms with Crippen LogP contribution in [-0.4, -0.2) is 23.5 Å². The quantitative estimate of drug-likeness (QED) is 0.489. The molecule has 0 spiro atoms. The molecule has 0 radical (unpaired) electrons. The summed E-state index contributed by atoms with van der Waals surface area (Å²) < 4.78 is 9.86. The van der Waals surface area contributed by atoms with Gasteiger partial charge in [-0.15, -0.1) is 0 Å². The van der Waals surface area contributed by atoms with Crippen molar-refractivity contribution in [3.63, 3.8) is 0 Å². The van der Waals surface area contributed by atoms with Gasteiger partial charge in [-0.05, 0) is 39.7 Å². The molecule has 5 nitrogen and oxygen atoms in total. The van der Waals surface area contributed by atoms with Gasteiger partial charge >= 0.3 is 0 Å². The molecule has 0 aliphatic heterocycles.